The van der Waals surface area contributed by atoms with E-state index in [4.69, 9.17) is 21.3 Å². The van der Waals surface area contributed by atoms with Crippen molar-refractivity contribution < 1.29 is 41.0 Å². The molecule has 1 N–H and O–H groups in total. The first kappa shape index (κ1) is 34.7. The van der Waals surface area contributed by atoms with Crippen molar-refractivity contribution in [1.29, 1.82) is 0 Å². The second-order valence-electron chi connectivity index (χ2n) is 12.2. The van der Waals surface area contributed by atoms with Gasteiger partial charge in [-0.05, 0) is 49.4 Å². The maximum Gasteiger partial charge on any atom is 0.416 e. The molecular formula is C31H33ClF6N8O3. The van der Waals surface area contributed by atoms with Gasteiger partial charge in [-0.15, -0.1) is 0 Å². The van der Waals surface area contributed by atoms with Gasteiger partial charge in [0, 0.05) is 32.2 Å². The number of amides is 1. The first-order valence-electron chi connectivity index (χ1n) is 15.7. The van der Waals surface area contributed by atoms with Crippen molar-refractivity contribution in [3.8, 4) is 0 Å². The standard InChI is InChI=1S/C31H33ClF6N8O3/c1-2-21-12-22(17-45(21)26-25(32)15-41-28(42-26)43-5-3-24(47)4-6-43)46(27-39-13-23(14-40-27)44-7-8-49-29(44)48)16-18-9-19(30(33,34)35)11-20(10-18)31(36,37)38/h9-11,13-15,21-22,24,47H,2-8,12,16-17H2,1H3. The maximum atomic E-state index is 13.8. The van der Waals surface area contributed by atoms with Crippen LogP contribution in [0, 0.1) is 0 Å². The average Bonchev–Trinajstić information content (AvgIpc) is 3.69. The lowest BCUT2D eigenvalue weighted by Crippen LogP contribution is -2.39. The summed E-state index contributed by atoms with van der Waals surface area (Å²) in [5, 5.41) is 10.2. The van der Waals surface area contributed by atoms with Gasteiger partial charge in [-0.25, -0.2) is 19.7 Å². The highest BCUT2D eigenvalue weighted by molar-refractivity contribution is 6.32. The topological polar surface area (TPSA) is 111 Å². The van der Waals surface area contributed by atoms with Gasteiger partial charge in [0.25, 0.3) is 0 Å². The lowest BCUT2D eigenvalue weighted by atomic mass is 10.0. The number of anilines is 4. The summed E-state index contributed by atoms with van der Waals surface area (Å²) in [6.07, 6.45) is -4.64. The number of carbonyl (C=O) groups excluding carboxylic acids is 1. The molecule has 3 aromatic rings. The minimum Gasteiger partial charge on any atom is -0.447 e. The van der Waals surface area contributed by atoms with E-state index in [0.29, 0.717) is 68.4 Å². The number of alkyl halides is 6. The lowest BCUT2D eigenvalue weighted by Gasteiger charge is -2.32. The zero-order chi connectivity index (χ0) is 35.1. The summed E-state index contributed by atoms with van der Waals surface area (Å²) in [5.41, 5.74) is -2.76. The van der Waals surface area contributed by atoms with Gasteiger partial charge in [0.05, 0.1) is 54.1 Å². The molecule has 18 heteroatoms. The third kappa shape index (κ3) is 7.56. The van der Waals surface area contributed by atoms with Crippen molar-refractivity contribution in [1.82, 2.24) is 19.9 Å². The van der Waals surface area contributed by atoms with Gasteiger partial charge < -0.3 is 24.5 Å². The predicted octanol–water partition coefficient (Wildman–Crippen LogP) is 5.94. The highest BCUT2D eigenvalue weighted by Crippen LogP contribution is 2.39. The number of nitrogens with zero attached hydrogens (tertiary/aromatic N) is 8. The molecule has 11 nitrogen and oxygen atoms in total. The quantitative estimate of drug-likeness (QED) is 0.282. The van der Waals surface area contributed by atoms with E-state index in [2.05, 4.69) is 15.0 Å². The molecule has 2 aromatic heterocycles. The Morgan fingerprint density at radius 1 is 0.980 bits per heavy atom. The number of rotatable bonds is 8. The lowest BCUT2D eigenvalue weighted by molar-refractivity contribution is -0.143. The van der Waals surface area contributed by atoms with Crippen molar-refractivity contribution in [2.45, 2.75) is 69.7 Å². The van der Waals surface area contributed by atoms with E-state index in [0.717, 1.165) is 0 Å². The monoisotopic (exact) mass is 714 g/mol. The van der Waals surface area contributed by atoms with Crippen LogP contribution in [0.4, 0.5) is 54.5 Å². The van der Waals surface area contributed by atoms with Gasteiger partial charge in [-0.1, -0.05) is 18.5 Å². The van der Waals surface area contributed by atoms with Crippen molar-refractivity contribution in [3.63, 3.8) is 0 Å². The number of aliphatic hydroxyl groups excluding tert-OH is 1. The molecule has 0 aliphatic carbocycles. The van der Waals surface area contributed by atoms with Gasteiger partial charge in [0.2, 0.25) is 11.9 Å². The molecule has 3 saturated heterocycles. The number of ether oxygens (including phenoxy) is 1. The van der Waals surface area contributed by atoms with Crippen LogP contribution in [-0.2, 0) is 23.6 Å². The van der Waals surface area contributed by atoms with Crippen molar-refractivity contribution >= 4 is 41.1 Å². The summed E-state index contributed by atoms with van der Waals surface area (Å²) in [6, 6.07) is 0.822. The fourth-order valence-electron chi connectivity index (χ4n) is 6.43. The van der Waals surface area contributed by atoms with Crippen molar-refractivity contribution in [3.05, 3.63) is 58.5 Å². The Labute approximate surface area is 282 Å². The number of carbonyl (C=O) groups is 1. The minimum atomic E-state index is -5.02. The number of cyclic esters (lactones) is 1. The third-order valence-corrected chi connectivity index (χ3v) is 9.26. The van der Waals surface area contributed by atoms with Gasteiger partial charge >= 0.3 is 18.4 Å². The molecular weight excluding hydrogens is 682 g/mol. The van der Waals surface area contributed by atoms with Crippen molar-refractivity contribution in [2.75, 3.05) is 52.4 Å². The highest BCUT2D eigenvalue weighted by Gasteiger charge is 2.40. The normalized spacial score (nSPS) is 20.7. The zero-order valence-corrected chi connectivity index (χ0v) is 27.0. The first-order chi connectivity index (χ1) is 23.2. The maximum absolute atomic E-state index is 13.8. The van der Waals surface area contributed by atoms with E-state index in [-0.39, 0.29) is 54.9 Å². The molecule has 0 radical (unpaired) electrons. The summed E-state index contributed by atoms with van der Waals surface area (Å²) in [4.78, 5) is 36.9. The molecule has 49 heavy (non-hydrogen) atoms. The predicted molar refractivity (Wildman–Crippen MR) is 168 cm³/mol. The molecule has 3 aliphatic rings. The average molecular weight is 715 g/mol. The Balaban J connectivity index is 1.36. The molecule has 1 aromatic carbocycles. The number of aliphatic hydroxyl groups is 1. The highest BCUT2D eigenvalue weighted by atomic mass is 35.5. The molecule has 2 unspecified atom stereocenters. The number of hydrogen-bond donors (Lipinski definition) is 1. The fraction of sp³-hybridized carbons (Fsp3) is 0.516. The molecule has 0 saturated carbocycles. The SMILES string of the molecule is CCC1CC(N(Cc2cc(C(F)(F)F)cc(C(F)(F)F)c2)c2ncc(N3CCOC3=O)cn2)CN1c1nc(N2CCC(O)CC2)ncc1Cl. The van der Waals surface area contributed by atoms with Crippen LogP contribution in [0.3, 0.4) is 0 Å². The smallest absolute Gasteiger partial charge is 0.416 e. The summed E-state index contributed by atoms with van der Waals surface area (Å²) in [6.45, 7) is 3.35. The fourth-order valence-corrected chi connectivity index (χ4v) is 6.63. The molecule has 0 spiro atoms. The zero-order valence-electron chi connectivity index (χ0n) is 26.3. The second-order valence-corrected chi connectivity index (χ2v) is 12.6. The summed E-state index contributed by atoms with van der Waals surface area (Å²) in [7, 11) is 0. The summed E-state index contributed by atoms with van der Waals surface area (Å²) >= 11 is 6.63. The Morgan fingerprint density at radius 3 is 2.20 bits per heavy atom. The van der Waals surface area contributed by atoms with Gasteiger partial charge in [-0.3, -0.25) is 4.90 Å². The van der Waals surface area contributed by atoms with E-state index >= 15 is 0 Å². The van der Waals surface area contributed by atoms with Crippen LogP contribution >= 0.6 is 11.6 Å². The van der Waals surface area contributed by atoms with Gasteiger partial charge in [0.1, 0.15) is 11.6 Å². The van der Waals surface area contributed by atoms with E-state index in [9.17, 15) is 36.2 Å². The molecule has 3 fully saturated rings. The summed E-state index contributed by atoms with van der Waals surface area (Å²) < 4.78 is 87.7. The third-order valence-electron chi connectivity index (χ3n) is 8.99. The number of hydrogen-bond acceptors (Lipinski definition) is 10. The Bertz CT molecular complexity index is 1620. The van der Waals surface area contributed by atoms with Crippen LogP contribution in [0.15, 0.2) is 36.8 Å². The van der Waals surface area contributed by atoms with Gasteiger partial charge in [0.15, 0.2) is 5.82 Å². The first-order valence-corrected chi connectivity index (χ1v) is 16.1. The van der Waals surface area contributed by atoms with E-state index < -0.39 is 41.7 Å². The number of benzene rings is 1. The van der Waals surface area contributed by atoms with Crippen LogP contribution in [0.25, 0.3) is 0 Å². The van der Waals surface area contributed by atoms with Crippen LogP contribution in [0.5, 0.6) is 0 Å². The minimum absolute atomic E-state index is 0.0466. The molecule has 6 rings (SSSR count). The van der Waals surface area contributed by atoms with E-state index in [1.165, 1.54) is 23.5 Å². The van der Waals surface area contributed by atoms with Crippen LogP contribution in [0.1, 0.15) is 49.3 Å². The summed E-state index contributed by atoms with van der Waals surface area (Å²) in [5.74, 6) is 0.920. The van der Waals surface area contributed by atoms with E-state index in [1.807, 2.05) is 16.7 Å². The largest absolute Gasteiger partial charge is 0.447 e. The molecule has 1 amide bonds. The number of halogens is 7. The van der Waals surface area contributed by atoms with Crippen LogP contribution in [0.2, 0.25) is 5.02 Å². The van der Waals surface area contributed by atoms with Crippen molar-refractivity contribution in [2.24, 2.45) is 0 Å². The number of aromatic nitrogens is 4. The molecule has 5 heterocycles. The van der Waals surface area contributed by atoms with Gasteiger partial charge in [-0.2, -0.15) is 31.3 Å². The molecule has 264 valence electrons. The van der Waals surface area contributed by atoms with E-state index in [1.54, 1.807) is 4.90 Å². The molecule has 3 aliphatic heterocycles. The Kier molecular flexibility index (Phi) is 9.68. The Hall–Kier alpha value is -4.12. The second kappa shape index (κ2) is 13.7. The molecule has 0 bridgehead atoms. The van der Waals surface area contributed by atoms with Crippen LogP contribution < -0.4 is 19.6 Å². The van der Waals surface area contributed by atoms with Crippen LogP contribution in [-0.4, -0.2) is 82.1 Å². The Morgan fingerprint density at radius 2 is 1.63 bits per heavy atom. The molecule has 2 atom stereocenters. The number of piperidine rings is 1.